The SMILES string of the molecule is CCCNC.CSC(O[C@@H](O)C(NC(=O)C1CC[C@H](CCC=O)CCN1)C(C)Cl)C(O)[C@@H](C)O. The van der Waals surface area contributed by atoms with Crippen LogP contribution in [0.4, 0.5) is 0 Å². The predicted molar refractivity (Wildman–Crippen MR) is 138 cm³/mol. The number of aliphatic hydroxyl groups is 3. The molecular weight excluding hydrogens is 482 g/mol. The van der Waals surface area contributed by atoms with Crippen molar-refractivity contribution < 1.29 is 29.6 Å². The molecule has 0 aliphatic carbocycles. The number of halogens is 1. The molecule has 0 aromatic rings. The van der Waals surface area contributed by atoms with Crippen LogP contribution in [0.2, 0.25) is 0 Å². The van der Waals surface area contributed by atoms with Gasteiger partial charge in [0.2, 0.25) is 5.91 Å². The monoisotopic (exact) mass is 527 g/mol. The maximum atomic E-state index is 12.7. The van der Waals surface area contributed by atoms with Gasteiger partial charge in [0, 0.05) is 6.42 Å². The number of hydrogen-bond acceptors (Lipinski definition) is 9. The van der Waals surface area contributed by atoms with Crippen molar-refractivity contribution in [3.63, 3.8) is 0 Å². The van der Waals surface area contributed by atoms with Crippen LogP contribution in [-0.2, 0) is 14.3 Å². The van der Waals surface area contributed by atoms with Crippen molar-refractivity contribution >= 4 is 35.6 Å². The molecule has 6 N–H and O–H groups in total. The van der Waals surface area contributed by atoms with Crippen molar-refractivity contribution in [2.24, 2.45) is 5.92 Å². The summed E-state index contributed by atoms with van der Waals surface area (Å²) in [5.74, 6) is 0.129. The second-order valence-corrected chi connectivity index (χ2v) is 10.3. The molecule has 9 nitrogen and oxygen atoms in total. The van der Waals surface area contributed by atoms with Crippen molar-refractivity contribution in [3.05, 3.63) is 0 Å². The maximum Gasteiger partial charge on any atom is 0.237 e. The van der Waals surface area contributed by atoms with Gasteiger partial charge in [0.05, 0.1) is 23.6 Å². The summed E-state index contributed by atoms with van der Waals surface area (Å²) in [5, 5.41) is 38.4. The Kier molecular flexibility index (Phi) is 19.4. The van der Waals surface area contributed by atoms with Crippen molar-refractivity contribution in [1.82, 2.24) is 16.0 Å². The standard InChI is InChI=1S/C19H35ClN2O6S.C4H11N/c1-11(20)15(18(27)28-19(29-3)16(25)12(2)24)22-17(26)14-7-6-13(5-4-10-23)8-9-21-14;1-3-4-5-2/h10-16,18-19,21,24-25,27H,4-9H2,1-3H3,(H,22,26);5H,3-4H2,1-2H3/t11?,12-,13+,14?,15?,16?,18-,19?;/m1./s1. The van der Waals surface area contributed by atoms with E-state index in [0.29, 0.717) is 25.3 Å². The van der Waals surface area contributed by atoms with Crippen molar-refractivity contribution in [2.75, 3.05) is 26.4 Å². The first-order valence-corrected chi connectivity index (χ1v) is 13.8. The van der Waals surface area contributed by atoms with Crippen LogP contribution in [0.15, 0.2) is 0 Å². The summed E-state index contributed by atoms with van der Waals surface area (Å²) < 4.78 is 5.48. The van der Waals surface area contributed by atoms with Gasteiger partial charge in [-0.05, 0) is 78.3 Å². The zero-order valence-corrected chi connectivity index (χ0v) is 22.8. The Hall–Kier alpha value is -0.460. The van der Waals surface area contributed by atoms with E-state index in [2.05, 4.69) is 22.9 Å². The molecule has 0 saturated carbocycles. The molecule has 0 radical (unpaired) electrons. The number of rotatable bonds is 14. The number of nitrogens with one attached hydrogen (secondary N) is 3. The largest absolute Gasteiger partial charge is 0.391 e. The van der Waals surface area contributed by atoms with Crippen LogP contribution in [0, 0.1) is 5.92 Å². The van der Waals surface area contributed by atoms with E-state index in [1.807, 2.05) is 7.05 Å². The highest BCUT2D eigenvalue weighted by atomic mass is 35.5. The van der Waals surface area contributed by atoms with Gasteiger partial charge in [-0.2, -0.15) is 0 Å². The highest BCUT2D eigenvalue weighted by Gasteiger charge is 2.34. The van der Waals surface area contributed by atoms with E-state index in [-0.39, 0.29) is 5.91 Å². The number of carbonyl (C=O) groups is 2. The van der Waals surface area contributed by atoms with E-state index in [1.165, 1.54) is 13.3 Å². The first-order chi connectivity index (χ1) is 16.1. The molecule has 0 aromatic carbocycles. The Morgan fingerprint density at radius 2 is 1.94 bits per heavy atom. The Morgan fingerprint density at radius 1 is 1.26 bits per heavy atom. The molecule has 0 spiro atoms. The lowest BCUT2D eigenvalue weighted by molar-refractivity contribution is -0.165. The first kappa shape index (κ1) is 33.5. The normalized spacial score (nSPS) is 23.8. The van der Waals surface area contributed by atoms with E-state index < -0.39 is 41.4 Å². The zero-order valence-electron chi connectivity index (χ0n) is 21.2. The molecule has 1 aliphatic rings. The fraction of sp³-hybridized carbons (Fsp3) is 0.913. The van der Waals surface area contributed by atoms with Gasteiger partial charge in [0.1, 0.15) is 17.8 Å². The van der Waals surface area contributed by atoms with Gasteiger partial charge in [-0.3, -0.25) is 4.79 Å². The Labute approximate surface area is 214 Å². The number of ether oxygens (including phenoxy) is 1. The first-order valence-electron chi connectivity index (χ1n) is 12.1. The summed E-state index contributed by atoms with van der Waals surface area (Å²) in [6.07, 6.45) is 3.88. The van der Waals surface area contributed by atoms with Crippen LogP contribution >= 0.6 is 23.4 Å². The smallest absolute Gasteiger partial charge is 0.237 e. The topological polar surface area (TPSA) is 140 Å². The summed E-state index contributed by atoms with van der Waals surface area (Å²) in [6, 6.07) is -1.31. The number of aldehydes is 1. The van der Waals surface area contributed by atoms with Gasteiger partial charge >= 0.3 is 0 Å². The molecule has 5 unspecified atom stereocenters. The highest BCUT2D eigenvalue weighted by Crippen LogP contribution is 2.22. The molecule has 11 heteroatoms. The lowest BCUT2D eigenvalue weighted by atomic mass is 9.94. The van der Waals surface area contributed by atoms with Crippen molar-refractivity contribution in [3.8, 4) is 0 Å². The molecule has 8 atom stereocenters. The second-order valence-electron chi connectivity index (χ2n) is 8.66. The quantitative estimate of drug-likeness (QED) is 0.112. The number of thioether (sulfide) groups is 1. The molecule has 1 amide bonds. The molecule has 1 aliphatic heterocycles. The van der Waals surface area contributed by atoms with Gasteiger partial charge in [0.25, 0.3) is 0 Å². The molecular formula is C23H46ClN3O6S. The van der Waals surface area contributed by atoms with E-state index in [0.717, 1.165) is 43.9 Å². The summed E-state index contributed by atoms with van der Waals surface area (Å²) in [5.41, 5.74) is -0.880. The Balaban J connectivity index is 0.00000196. The predicted octanol–water partition coefficient (Wildman–Crippen LogP) is 1.22. The second kappa shape index (κ2) is 19.7. The lowest BCUT2D eigenvalue weighted by Crippen LogP contribution is -2.55. The van der Waals surface area contributed by atoms with E-state index in [9.17, 15) is 24.9 Å². The molecule has 1 heterocycles. The van der Waals surface area contributed by atoms with Crippen molar-refractivity contribution in [1.29, 1.82) is 0 Å². The van der Waals surface area contributed by atoms with Gasteiger partial charge in [-0.15, -0.1) is 23.4 Å². The third-order valence-corrected chi connectivity index (χ3v) is 6.83. The maximum absolute atomic E-state index is 12.7. The summed E-state index contributed by atoms with van der Waals surface area (Å²) in [4.78, 5) is 23.3. The van der Waals surface area contributed by atoms with Gasteiger partial charge in [-0.25, -0.2) is 0 Å². The van der Waals surface area contributed by atoms with E-state index in [1.54, 1.807) is 13.2 Å². The fourth-order valence-corrected chi connectivity index (χ4v) is 4.50. The lowest BCUT2D eigenvalue weighted by Gasteiger charge is -2.32. The average Bonchev–Trinajstić information content (AvgIpc) is 3.05. The number of alkyl halides is 1. The third kappa shape index (κ3) is 13.6. The van der Waals surface area contributed by atoms with Crippen LogP contribution in [0.25, 0.3) is 0 Å². The highest BCUT2D eigenvalue weighted by molar-refractivity contribution is 7.99. The summed E-state index contributed by atoms with van der Waals surface area (Å²) >= 11 is 7.31. The molecule has 34 heavy (non-hydrogen) atoms. The van der Waals surface area contributed by atoms with Crippen LogP contribution in [0.5, 0.6) is 0 Å². The van der Waals surface area contributed by atoms with Crippen molar-refractivity contribution in [2.45, 2.75) is 101 Å². The van der Waals surface area contributed by atoms with E-state index >= 15 is 0 Å². The van der Waals surface area contributed by atoms with E-state index in [4.69, 9.17) is 16.3 Å². The molecule has 1 fully saturated rings. The van der Waals surface area contributed by atoms with Crippen LogP contribution in [0.1, 0.15) is 59.3 Å². The average molecular weight is 528 g/mol. The summed E-state index contributed by atoms with van der Waals surface area (Å²) in [7, 11) is 1.96. The minimum atomic E-state index is -1.46. The van der Waals surface area contributed by atoms with Crippen LogP contribution in [-0.4, -0.2) is 95.3 Å². The molecule has 202 valence electrons. The fourth-order valence-electron chi connectivity index (χ4n) is 3.58. The molecule has 0 aromatic heterocycles. The minimum absolute atomic E-state index is 0.280. The molecule has 1 saturated heterocycles. The Morgan fingerprint density at radius 3 is 2.41 bits per heavy atom. The van der Waals surface area contributed by atoms with Gasteiger partial charge < -0.3 is 40.8 Å². The number of carbonyl (C=O) groups excluding carboxylic acids is 2. The Bertz CT molecular complexity index is 545. The number of aliphatic hydroxyl groups excluding tert-OH is 3. The number of amides is 1. The minimum Gasteiger partial charge on any atom is -0.391 e. The van der Waals surface area contributed by atoms with Gasteiger partial charge in [-0.1, -0.05) is 6.92 Å². The molecule has 1 rings (SSSR count). The third-order valence-electron chi connectivity index (χ3n) is 5.71. The van der Waals surface area contributed by atoms with Gasteiger partial charge in [0.15, 0.2) is 6.29 Å². The molecule has 0 bridgehead atoms. The van der Waals surface area contributed by atoms with Crippen LogP contribution in [0.3, 0.4) is 0 Å². The number of hydrogen-bond donors (Lipinski definition) is 6. The zero-order chi connectivity index (χ0) is 26.1. The summed E-state index contributed by atoms with van der Waals surface area (Å²) in [6.45, 7) is 7.02. The van der Waals surface area contributed by atoms with Crippen LogP contribution < -0.4 is 16.0 Å².